The van der Waals surface area contributed by atoms with Crippen molar-refractivity contribution in [2.75, 3.05) is 0 Å². The van der Waals surface area contributed by atoms with Gasteiger partial charge in [-0.15, -0.1) is 0 Å². The normalized spacial score (nSPS) is 33.4. The van der Waals surface area contributed by atoms with Crippen molar-refractivity contribution >= 4 is 0 Å². The van der Waals surface area contributed by atoms with Gasteiger partial charge in [0.15, 0.2) is 0 Å². The molecule has 2 heterocycles. The maximum Gasteiger partial charge on any atom is 0.416 e. The summed E-state index contributed by atoms with van der Waals surface area (Å²) in [4.78, 5) is 0. The molecule has 0 spiro atoms. The SMILES string of the molecule is OC1(Cc2ccccc2C(F)(F)F)CC2CCC(C1)O2. The molecule has 20 heavy (non-hydrogen) atoms. The first kappa shape index (κ1) is 13.9. The van der Waals surface area contributed by atoms with Crippen LogP contribution in [-0.2, 0) is 17.3 Å². The van der Waals surface area contributed by atoms with E-state index in [1.165, 1.54) is 12.1 Å². The topological polar surface area (TPSA) is 29.5 Å². The van der Waals surface area contributed by atoms with E-state index in [1.54, 1.807) is 6.07 Å². The molecule has 1 N–H and O–H groups in total. The van der Waals surface area contributed by atoms with Crippen LogP contribution >= 0.6 is 0 Å². The predicted octanol–water partition coefficient (Wildman–Crippen LogP) is 3.32. The van der Waals surface area contributed by atoms with Crippen molar-refractivity contribution in [3.8, 4) is 0 Å². The van der Waals surface area contributed by atoms with Crippen molar-refractivity contribution in [2.24, 2.45) is 0 Å². The van der Waals surface area contributed by atoms with Crippen LogP contribution in [-0.4, -0.2) is 22.9 Å². The van der Waals surface area contributed by atoms with Crippen LogP contribution in [0.3, 0.4) is 0 Å². The van der Waals surface area contributed by atoms with Crippen molar-refractivity contribution < 1.29 is 23.0 Å². The summed E-state index contributed by atoms with van der Waals surface area (Å²) < 4.78 is 44.6. The molecule has 2 fully saturated rings. The lowest BCUT2D eigenvalue weighted by Gasteiger charge is -2.37. The minimum absolute atomic E-state index is 0.00296. The summed E-state index contributed by atoms with van der Waals surface area (Å²) in [6, 6.07) is 5.50. The molecule has 2 nitrogen and oxygen atoms in total. The van der Waals surface area contributed by atoms with Gasteiger partial charge in [0.25, 0.3) is 0 Å². The van der Waals surface area contributed by atoms with Gasteiger partial charge < -0.3 is 9.84 Å². The number of halogens is 3. The number of hydrogen-bond donors (Lipinski definition) is 1. The van der Waals surface area contributed by atoms with Crippen LogP contribution in [0.2, 0.25) is 0 Å². The molecule has 0 radical (unpaired) electrons. The van der Waals surface area contributed by atoms with E-state index in [0.29, 0.717) is 12.8 Å². The van der Waals surface area contributed by atoms with Crippen molar-refractivity contribution in [3.63, 3.8) is 0 Å². The highest BCUT2D eigenvalue weighted by Gasteiger charge is 2.44. The van der Waals surface area contributed by atoms with E-state index in [4.69, 9.17) is 4.74 Å². The van der Waals surface area contributed by atoms with Gasteiger partial charge >= 0.3 is 6.18 Å². The Labute approximate surface area is 115 Å². The van der Waals surface area contributed by atoms with E-state index in [0.717, 1.165) is 18.9 Å². The molecule has 1 aromatic carbocycles. The summed E-state index contributed by atoms with van der Waals surface area (Å²) in [6.45, 7) is 0. The average molecular weight is 286 g/mol. The maximum atomic E-state index is 13.0. The molecular weight excluding hydrogens is 269 g/mol. The van der Waals surface area contributed by atoms with Crippen LogP contribution < -0.4 is 0 Å². The Morgan fingerprint density at radius 3 is 2.35 bits per heavy atom. The standard InChI is InChI=1S/C15H17F3O2/c16-15(17,18)13-4-2-1-3-10(13)7-14(19)8-11-5-6-12(9-14)20-11/h1-4,11-12,19H,5-9H2. The number of alkyl halides is 3. The first-order chi connectivity index (χ1) is 9.36. The zero-order chi connectivity index (χ0) is 14.4. The summed E-state index contributed by atoms with van der Waals surface area (Å²) in [7, 11) is 0. The Morgan fingerprint density at radius 1 is 1.15 bits per heavy atom. The average Bonchev–Trinajstić information content (AvgIpc) is 2.68. The molecule has 0 aromatic heterocycles. The van der Waals surface area contributed by atoms with Gasteiger partial charge in [-0.2, -0.15) is 13.2 Å². The molecule has 110 valence electrons. The Bertz CT molecular complexity index is 486. The summed E-state index contributed by atoms with van der Waals surface area (Å²) >= 11 is 0. The Balaban J connectivity index is 1.84. The Hall–Kier alpha value is -1.07. The third-order valence-corrected chi connectivity index (χ3v) is 4.25. The van der Waals surface area contributed by atoms with Crippen LogP contribution in [0.25, 0.3) is 0 Å². The first-order valence-electron chi connectivity index (χ1n) is 6.89. The maximum absolute atomic E-state index is 13.0. The predicted molar refractivity (Wildman–Crippen MR) is 67.2 cm³/mol. The number of ether oxygens (including phenoxy) is 1. The molecule has 2 aliphatic rings. The van der Waals surface area contributed by atoms with Crippen molar-refractivity contribution in [1.82, 2.24) is 0 Å². The fourth-order valence-corrected chi connectivity index (χ4v) is 3.46. The summed E-state index contributed by atoms with van der Waals surface area (Å²) in [5, 5.41) is 10.6. The fourth-order valence-electron chi connectivity index (χ4n) is 3.46. The molecule has 3 rings (SSSR count). The third kappa shape index (κ3) is 2.69. The molecule has 2 bridgehead atoms. The molecule has 2 saturated heterocycles. The van der Waals surface area contributed by atoms with Crippen LogP contribution in [0.4, 0.5) is 13.2 Å². The van der Waals surface area contributed by atoms with Gasteiger partial charge in [0.2, 0.25) is 0 Å². The number of benzene rings is 1. The van der Waals surface area contributed by atoms with Gasteiger partial charge in [0, 0.05) is 19.3 Å². The minimum Gasteiger partial charge on any atom is -0.389 e. The van der Waals surface area contributed by atoms with Crippen LogP contribution in [0, 0.1) is 0 Å². The van der Waals surface area contributed by atoms with Crippen LogP contribution in [0.1, 0.15) is 36.8 Å². The second-order valence-corrected chi connectivity index (χ2v) is 5.92. The lowest BCUT2D eigenvalue weighted by molar-refractivity contribution is -0.139. The smallest absolute Gasteiger partial charge is 0.389 e. The van der Waals surface area contributed by atoms with Gasteiger partial charge in [0.1, 0.15) is 0 Å². The molecule has 1 aromatic rings. The zero-order valence-electron chi connectivity index (χ0n) is 11.0. The second kappa shape index (κ2) is 4.74. The van der Waals surface area contributed by atoms with E-state index < -0.39 is 17.3 Å². The summed E-state index contributed by atoms with van der Waals surface area (Å²) in [5.41, 5.74) is -1.55. The number of hydrogen-bond acceptors (Lipinski definition) is 2. The quantitative estimate of drug-likeness (QED) is 0.903. The Morgan fingerprint density at radius 2 is 1.75 bits per heavy atom. The highest BCUT2D eigenvalue weighted by Crippen LogP contribution is 2.41. The van der Waals surface area contributed by atoms with E-state index in [9.17, 15) is 18.3 Å². The molecule has 5 heteroatoms. The fraction of sp³-hybridized carbons (Fsp3) is 0.600. The largest absolute Gasteiger partial charge is 0.416 e. The minimum atomic E-state index is -4.38. The molecule has 0 aliphatic carbocycles. The highest BCUT2D eigenvalue weighted by molar-refractivity contribution is 5.31. The van der Waals surface area contributed by atoms with Crippen molar-refractivity contribution in [1.29, 1.82) is 0 Å². The van der Waals surface area contributed by atoms with Crippen molar-refractivity contribution in [2.45, 2.75) is 56.1 Å². The van der Waals surface area contributed by atoms with Crippen molar-refractivity contribution in [3.05, 3.63) is 35.4 Å². The molecule has 2 unspecified atom stereocenters. The highest BCUT2D eigenvalue weighted by atomic mass is 19.4. The first-order valence-corrected chi connectivity index (χ1v) is 6.89. The van der Waals surface area contributed by atoms with Gasteiger partial charge in [-0.25, -0.2) is 0 Å². The molecule has 0 amide bonds. The third-order valence-electron chi connectivity index (χ3n) is 4.25. The molecule has 2 atom stereocenters. The monoisotopic (exact) mass is 286 g/mol. The molecular formula is C15H17F3O2. The van der Waals surface area contributed by atoms with E-state index >= 15 is 0 Å². The lowest BCUT2D eigenvalue weighted by atomic mass is 9.83. The second-order valence-electron chi connectivity index (χ2n) is 5.92. The van der Waals surface area contributed by atoms with Gasteiger partial charge in [-0.3, -0.25) is 0 Å². The number of rotatable bonds is 2. The molecule has 0 saturated carbocycles. The lowest BCUT2D eigenvalue weighted by Crippen LogP contribution is -2.43. The van der Waals surface area contributed by atoms with Crippen LogP contribution in [0.15, 0.2) is 24.3 Å². The Kier molecular flexibility index (Phi) is 3.29. The van der Waals surface area contributed by atoms with Crippen LogP contribution in [0.5, 0.6) is 0 Å². The van der Waals surface area contributed by atoms with Gasteiger partial charge in [-0.05, 0) is 24.5 Å². The van der Waals surface area contributed by atoms with E-state index in [2.05, 4.69) is 0 Å². The van der Waals surface area contributed by atoms with Gasteiger partial charge in [-0.1, -0.05) is 18.2 Å². The van der Waals surface area contributed by atoms with Gasteiger partial charge in [0.05, 0.1) is 23.4 Å². The molecule has 2 aliphatic heterocycles. The number of fused-ring (bicyclic) bond motifs is 2. The van der Waals surface area contributed by atoms with E-state index in [-0.39, 0.29) is 24.2 Å². The zero-order valence-corrected chi connectivity index (χ0v) is 11.0. The van der Waals surface area contributed by atoms with E-state index in [1.807, 2.05) is 0 Å². The summed E-state index contributed by atoms with van der Waals surface area (Å²) in [6.07, 6.45) is -1.70. The summed E-state index contributed by atoms with van der Waals surface area (Å²) in [5.74, 6) is 0. The number of aliphatic hydroxyl groups is 1.